The molecule has 22 heavy (non-hydrogen) atoms. The van der Waals surface area contributed by atoms with Crippen LogP contribution in [0.3, 0.4) is 0 Å². The summed E-state index contributed by atoms with van der Waals surface area (Å²) in [6.45, 7) is 0. The molecular formula is C16H16N2O4. The first-order valence-electron chi connectivity index (χ1n) is 6.62. The summed E-state index contributed by atoms with van der Waals surface area (Å²) in [5.41, 5.74) is 8.47. The second-order valence-corrected chi connectivity index (χ2v) is 4.66. The fourth-order valence-corrected chi connectivity index (χ4v) is 2.27. The van der Waals surface area contributed by atoms with Gasteiger partial charge in [0, 0.05) is 17.3 Å². The number of hydrogen-bond donors (Lipinski definition) is 1. The maximum absolute atomic E-state index is 5.76. The summed E-state index contributed by atoms with van der Waals surface area (Å²) in [6, 6.07) is 8.91. The molecule has 1 aromatic heterocycles. The van der Waals surface area contributed by atoms with Crippen LogP contribution in [0.4, 0.5) is 5.69 Å². The third kappa shape index (κ3) is 2.28. The molecule has 2 aromatic carbocycles. The SMILES string of the molecule is COc1cc(-c2nc3ccc(N)cc3o2)cc(OC)c1OC. The number of ether oxygens (including phenoxy) is 3. The van der Waals surface area contributed by atoms with Gasteiger partial charge in [0.15, 0.2) is 17.1 Å². The quantitative estimate of drug-likeness (QED) is 0.746. The lowest BCUT2D eigenvalue weighted by Gasteiger charge is -2.12. The van der Waals surface area contributed by atoms with E-state index in [0.29, 0.717) is 34.4 Å². The van der Waals surface area contributed by atoms with E-state index in [9.17, 15) is 0 Å². The fourth-order valence-electron chi connectivity index (χ4n) is 2.27. The maximum atomic E-state index is 5.76. The molecule has 3 rings (SSSR count). The van der Waals surface area contributed by atoms with Crippen molar-refractivity contribution in [1.29, 1.82) is 0 Å². The molecule has 0 saturated carbocycles. The highest BCUT2D eigenvalue weighted by atomic mass is 16.5. The van der Waals surface area contributed by atoms with E-state index in [0.717, 1.165) is 11.1 Å². The summed E-state index contributed by atoms with van der Waals surface area (Å²) in [5, 5.41) is 0. The van der Waals surface area contributed by atoms with Gasteiger partial charge in [-0.1, -0.05) is 0 Å². The smallest absolute Gasteiger partial charge is 0.227 e. The number of fused-ring (bicyclic) bond motifs is 1. The highest BCUT2D eigenvalue weighted by molar-refractivity contribution is 5.80. The van der Waals surface area contributed by atoms with Crippen molar-refractivity contribution in [2.24, 2.45) is 0 Å². The van der Waals surface area contributed by atoms with Crippen molar-refractivity contribution in [3.63, 3.8) is 0 Å². The van der Waals surface area contributed by atoms with Crippen molar-refractivity contribution in [2.45, 2.75) is 0 Å². The second-order valence-electron chi connectivity index (χ2n) is 4.66. The van der Waals surface area contributed by atoms with Crippen molar-refractivity contribution >= 4 is 16.8 Å². The normalized spacial score (nSPS) is 10.7. The molecule has 0 saturated heterocycles. The Hall–Kier alpha value is -2.89. The lowest BCUT2D eigenvalue weighted by Crippen LogP contribution is -1.95. The Labute approximate surface area is 127 Å². The second kappa shape index (κ2) is 5.48. The predicted octanol–water partition coefficient (Wildman–Crippen LogP) is 3.10. The number of nitrogens with zero attached hydrogens (tertiary/aromatic N) is 1. The molecule has 0 amide bonds. The molecule has 0 spiro atoms. The molecule has 3 aromatic rings. The standard InChI is InChI=1S/C16H16N2O4/c1-19-13-6-9(7-14(20-2)15(13)21-3)16-18-11-5-4-10(17)8-12(11)22-16/h4-8H,17H2,1-3H3. The largest absolute Gasteiger partial charge is 0.493 e. The molecule has 0 bridgehead atoms. The molecule has 114 valence electrons. The van der Waals surface area contributed by atoms with Crippen LogP contribution in [0.2, 0.25) is 0 Å². The zero-order chi connectivity index (χ0) is 15.7. The number of benzene rings is 2. The topological polar surface area (TPSA) is 79.7 Å². The molecule has 0 unspecified atom stereocenters. The van der Waals surface area contributed by atoms with Crippen LogP contribution in [0.15, 0.2) is 34.7 Å². The van der Waals surface area contributed by atoms with E-state index >= 15 is 0 Å². The van der Waals surface area contributed by atoms with Crippen LogP contribution in [-0.2, 0) is 0 Å². The molecule has 0 aliphatic heterocycles. The van der Waals surface area contributed by atoms with Crippen molar-refractivity contribution in [3.8, 4) is 28.7 Å². The number of anilines is 1. The van der Waals surface area contributed by atoms with Gasteiger partial charge >= 0.3 is 0 Å². The predicted molar refractivity (Wildman–Crippen MR) is 83.5 cm³/mol. The van der Waals surface area contributed by atoms with Crippen LogP contribution >= 0.6 is 0 Å². The first-order chi connectivity index (χ1) is 10.7. The van der Waals surface area contributed by atoms with Gasteiger partial charge in [-0.25, -0.2) is 4.98 Å². The summed E-state index contributed by atoms with van der Waals surface area (Å²) in [4.78, 5) is 4.46. The van der Waals surface area contributed by atoms with E-state index in [1.807, 2.05) is 6.07 Å². The van der Waals surface area contributed by atoms with Crippen LogP contribution in [0.1, 0.15) is 0 Å². The number of methoxy groups -OCH3 is 3. The molecule has 6 heteroatoms. The maximum Gasteiger partial charge on any atom is 0.227 e. The van der Waals surface area contributed by atoms with Crippen LogP contribution in [-0.4, -0.2) is 26.3 Å². The van der Waals surface area contributed by atoms with Crippen LogP contribution in [0.5, 0.6) is 17.2 Å². The summed E-state index contributed by atoms with van der Waals surface area (Å²) < 4.78 is 21.7. The van der Waals surface area contributed by atoms with Gasteiger partial charge in [0.05, 0.1) is 21.3 Å². The summed E-state index contributed by atoms with van der Waals surface area (Å²) in [5.74, 6) is 2.06. The van der Waals surface area contributed by atoms with Gasteiger partial charge in [0.1, 0.15) is 5.52 Å². The highest BCUT2D eigenvalue weighted by Gasteiger charge is 2.17. The zero-order valence-corrected chi connectivity index (χ0v) is 12.5. The van der Waals surface area contributed by atoms with Crippen LogP contribution in [0, 0.1) is 0 Å². The molecule has 0 aliphatic rings. The fraction of sp³-hybridized carbons (Fsp3) is 0.188. The molecule has 2 N–H and O–H groups in total. The number of nitrogens with two attached hydrogens (primary N) is 1. The van der Waals surface area contributed by atoms with Crippen molar-refractivity contribution in [1.82, 2.24) is 4.98 Å². The Morgan fingerprint density at radius 2 is 1.64 bits per heavy atom. The van der Waals surface area contributed by atoms with Gasteiger partial charge in [0.2, 0.25) is 11.6 Å². The summed E-state index contributed by atoms with van der Waals surface area (Å²) in [7, 11) is 4.68. The molecule has 0 radical (unpaired) electrons. The average molecular weight is 300 g/mol. The number of aromatic nitrogens is 1. The van der Waals surface area contributed by atoms with E-state index in [4.69, 9.17) is 24.4 Å². The minimum absolute atomic E-state index is 0.458. The van der Waals surface area contributed by atoms with E-state index < -0.39 is 0 Å². The number of oxazole rings is 1. The van der Waals surface area contributed by atoms with E-state index in [2.05, 4.69) is 4.98 Å². The molecule has 0 aliphatic carbocycles. The Kier molecular flexibility index (Phi) is 3.50. The summed E-state index contributed by atoms with van der Waals surface area (Å²) >= 11 is 0. The van der Waals surface area contributed by atoms with Gasteiger partial charge in [-0.05, 0) is 24.3 Å². The van der Waals surface area contributed by atoms with Gasteiger partial charge in [-0.2, -0.15) is 0 Å². The van der Waals surface area contributed by atoms with Gasteiger partial charge < -0.3 is 24.4 Å². The molecule has 0 fully saturated rings. The minimum atomic E-state index is 0.458. The number of hydrogen-bond acceptors (Lipinski definition) is 6. The number of rotatable bonds is 4. The third-order valence-corrected chi connectivity index (χ3v) is 3.32. The first-order valence-corrected chi connectivity index (χ1v) is 6.62. The Balaban J connectivity index is 2.17. The lowest BCUT2D eigenvalue weighted by molar-refractivity contribution is 0.324. The van der Waals surface area contributed by atoms with Crippen LogP contribution < -0.4 is 19.9 Å². The van der Waals surface area contributed by atoms with Gasteiger partial charge in [-0.3, -0.25) is 0 Å². The summed E-state index contributed by atoms with van der Waals surface area (Å²) in [6.07, 6.45) is 0. The number of nitrogen functional groups attached to an aromatic ring is 1. The van der Waals surface area contributed by atoms with Crippen LogP contribution in [0.25, 0.3) is 22.6 Å². The van der Waals surface area contributed by atoms with E-state index in [1.165, 1.54) is 0 Å². The zero-order valence-electron chi connectivity index (χ0n) is 12.5. The minimum Gasteiger partial charge on any atom is -0.493 e. The van der Waals surface area contributed by atoms with Crippen molar-refractivity contribution < 1.29 is 18.6 Å². The first kappa shape index (κ1) is 14.1. The third-order valence-electron chi connectivity index (χ3n) is 3.32. The molecule has 0 atom stereocenters. The molecular weight excluding hydrogens is 284 g/mol. The molecule has 6 nitrogen and oxygen atoms in total. The van der Waals surface area contributed by atoms with E-state index in [1.54, 1.807) is 45.6 Å². The van der Waals surface area contributed by atoms with Crippen molar-refractivity contribution in [3.05, 3.63) is 30.3 Å². The molecule has 1 heterocycles. The Morgan fingerprint density at radius 3 is 2.23 bits per heavy atom. The highest BCUT2D eigenvalue weighted by Crippen LogP contribution is 2.41. The average Bonchev–Trinajstić information content (AvgIpc) is 2.96. The van der Waals surface area contributed by atoms with Crippen molar-refractivity contribution in [2.75, 3.05) is 27.1 Å². The van der Waals surface area contributed by atoms with Gasteiger partial charge in [-0.15, -0.1) is 0 Å². The van der Waals surface area contributed by atoms with E-state index in [-0.39, 0.29) is 0 Å². The Morgan fingerprint density at radius 1 is 0.955 bits per heavy atom. The Bertz CT molecular complexity index is 801. The van der Waals surface area contributed by atoms with Gasteiger partial charge in [0.25, 0.3) is 0 Å². The monoisotopic (exact) mass is 300 g/mol. The lowest BCUT2D eigenvalue weighted by atomic mass is 10.2.